The maximum absolute atomic E-state index is 12.1. The number of carbonyl (C=O) groups excluding carboxylic acids is 2. The molecule has 2 amide bonds. The third-order valence-corrected chi connectivity index (χ3v) is 3.80. The lowest BCUT2D eigenvalue weighted by Crippen LogP contribution is -2.54. The Hall–Kier alpha value is -1.92. The van der Waals surface area contributed by atoms with Crippen molar-refractivity contribution in [2.75, 3.05) is 38.5 Å². The molecule has 6 nitrogen and oxygen atoms in total. The molecular formula is C16H24N4O2. The van der Waals surface area contributed by atoms with Gasteiger partial charge in [0.05, 0.1) is 0 Å². The molecule has 0 aliphatic carbocycles. The van der Waals surface area contributed by atoms with Gasteiger partial charge in [0.25, 0.3) is 0 Å². The van der Waals surface area contributed by atoms with Gasteiger partial charge in [-0.25, -0.2) is 5.01 Å². The first-order valence-corrected chi connectivity index (χ1v) is 7.61. The van der Waals surface area contributed by atoms with Crippen molar-refractivity contribution in [1.82, 2.24) is 15.3 Å². The van der Waals surface area contributed by atoms with Gasteiger partial charge < -0.3 is 10.2 Å². The second-order valence-corrected chi connectivity index (χ2v) is 5.93. The van der Waals surface area contributed by atoms with Crippen molar-refractivity contribution in [1.29, 1.82) is 0 Å². The number of carbonyl (C=O) groups is 2. The van der Waals surface area contributed by atoms with Crippen LogP contribution in [0.4, 0.5) is 5.69 Å². The summed E-state index contributed by atoms with van der Waals surface area (Å²) in [4.78, 5) is 26.2. The van der Waals surface area contributed by atoms with Crippen LogP contribution in [0.15, 0.2) is 24.3 Å². The van der Waals surface area contributed by atoms with Crippen LogP contribution in [0.2, 0.25) is 0 Å². The summed E-state index contributed by atoms with van der Waals surface area (Å²) in [7, 11) is 2.04. The highest BCUT2D eigenvalue weighted by Gasteiger charge is 2.21. The fourth-order valence-corrected chi connectivity index (χ4v) is 2.41. The van der Waals surface area contributed by atoms with E-state index in [1.165, 1.54) is 0 Å². The normalized spacial score (nSPS) is 16.5. The molecule has 1 aliphatic rings. The van der Waals surface area contributed by atoms with Crippen molar-refractivity contribution in [3.8, 4) is 0 Å². The zero-order valence-corrected chi connectivity index (χ0v) is 13.4. The van der Waals surface area contributed by atoms with Crippen molar-refractivity contribution in [3.63, 3.8) is 0 Å². The van der Waals surface area contributed by atoms with Gasteiger partial charge in [-0.3, -0.25) is 15.0 Å². The van der Waals surface area contributed by atoms with Gasteiger partial charge in [0.15, 0.2) is 0 Å². The SMILES string of the molecule is CC(C)c1ccccc1NC(=O)C(=O)NN1CCN(C)CC1. The standard InChI is InChI=1S/C16H24N4O2/c1-12(2)13-6-4-5-7-14(13)17-15(21)16(22)18-20-10-8-19(3)9-11-20/h4-7,12H,8-11H2,1-3H3,(H,17,21)(H,18,22). The molecule has 1 saturated heterocycles. The Balaban J connectivity index is 1.93. The molecular weight excluding hydrogens is 280 g/mol. The Morgan fingerprint density at radius 3 is 2.32 bits per heavy atom. The van der Waals surface area contributed by atoms with Gasteiger partial charge in [-0.15, -0.1) is 0 Å². The minimum absolute atomic E-state index is 0.275. The number of hydrazine groups is 1. The van der Waals surface area contributed by atoms with E-state index in [-0.39, 0.29) is 5.92 Å². The van der Waals surface area contributed by atoms with Gasteiger partial charge in [0.1, 0.15) is 0 Å². The molecule has 0 radical (unpaired) electrons. The number of nitrogens with zero attached hydrogens (tertiary/aromatic N) is 2. The molecule has 120 valence electrons. The van der Waals surface area contributed by atoms with Gasteiger partial charge >= 0.3 is 11.8 Å². The Morgan fingerprint density at radius 2 is 1.68 bits per heavy atom. The third-order valence-electron chi connectivity index (χ3n) is 3.80. The zero-order chi connectivity index (χ0) is 16.1. The molecule has 1 heterocycles. The average molecular weight is 304 g/mol. The van der Waals surface area contributed by atoms with Crippen molar-refractivity contribution in [3.05, 3.63) is 29.8 Å². The first kappa shape index (κ1) is 16.5. The molecule has 0 unspecified atom stereocenters. The number of hydrogen-bond donors (Lipinski definition) is 2. The fraction of sp³-hybridized carbons (Fsp3) is 0.500. The first-order chi connectivity index (χ1) is 10.5. The van der Waals surface area contributed by atoms with E-state index >= 15 is 0 Å². The second kappa shape index (κ2) is 7.38. The molecule has 0 spiro atoms. The number of para-hydroxylation sites is 1. The van der Waals surface area contributed by atoms with Crippen LogP contribution in [0.25, 0.3) is 0 Å². The van der Waals surface area contributed by atoms with Crippen LogP contribution in [0.3, 0.4) is 0 Å². The molecule has 6 heteroatoms. The Morgan fingerprint density at radius 1 is 1.05 bits per heavy atom. The van der Waals surface area contributed by atoms with E-state index in [0.29, 0.717) is 5.69 Å². The molecule has 0 bridgehead atoms. The molecule has 22 heavy (non-hydrogen) atoms. The Labute approximate surface area is 131 Å². The van der Waals surface area contributed by atoms with Crippen LogP contribution < -0.4 is 10.7 Å². The number of nitrogens with one attached hydrogen (secondary N) is 2. The van der Waals surface area contributed by atoms with Gasteiger partial charge in [-0.05, 0) is 24.6 Å². The van der Waals surface area contributed by atoms with Crippen molar-refractivity contribution in [2.24, 2.45) is 0 Å². The number of benzene rings is 1. The summed E-state index contributed by atoms with van der Waals surface area (Å²) < 4.78 is 0. The first-order valence-electron chi connectivity index (χ1n) is 7.61. The lowest BCUT2D eigenvalue weighted by molar-refractivity contribution is -0.139. The largest absolute Gasteiger partial charge is 0.323 e. The van der Waals surface area contributed by atoms with E-state index in [1.807, 2.05) is 31.3 Å². The molecule has 0 saturated carbocycles. The lowest BCUT2D eigenvalue weighted by Gasteiger charge is -2.32. The summed E-state index contributed by atoms with van der Waals surface area (Å²) >= 11 is 0. The molecule has 0 aromatic heterocycles. The van der Waals surface area contributed by atoms with Crippen LogP contribution in [0.1, 0.15) is 25.3 Å². The Kier molecular flexibility index (Phi) is 5.51. The summed E-state index contributed by atoms with van der Waals surface area (Å²) in [5, 5.41) is 4.49. The van der Waals surface area contributed by atoms with Crippen molar-refractivity contribution >= 4 is 17.5 Å². The summed E-state index contributed by atoms with van der Waals surface area (Å²) in [6.45, 7) is 7.29. The highest BCUT2D eigenvalue weighted by atomic mass is 16.2. The van der Waals surface area contributed by atoms with Crippen molar-refractivity contribution < 1.29 is 9.59 Å². The maximum Gasteiger partial charge on any atom is 0.323 e. The number of likely N-dealkylation sites (N-methyl/N-ethyl adjacent to an activating group) is 1. The van der Waals surface area contributed by atoms with Crippen LogP contribution in [0, 0.1) is 0 Å². The van der Waals surface area contributed by atoms with E-state index in [0.717, 1.165) is 31.7 Å². The third kappa shape index (κ3) is 4.29. The summed E-state index contributed by atoms with van der Waals surface area (Å²) in [5.74, 6) is -0.979. The number of rotatable bonds is 3. The quantitative estimate of drug-likeness (QED) is 0.819. The zero-order valence-electron chi connectivity index (χ0n) is 13.4. The van der Waals surface area contributed by atoms with Gasteiger partial charge in [0.2, 0.25) is 0 Å². The molecule has 0 atom stereocenters. The van der Waals surface area contributed by atoms with Crippen LogP contribution in [0.5, 0.6) is 0 Å². The fourth-order valence-electron chi connectivity index (χ4n) is 2.41. The number of hydrogen-bond acceptors (Lipinski definition) is 4. The monoisotopic (exact) mass is 304 g/mol. The van der Waals surface area contributed by atoms with Crippen LogP contribution in [-0.2, 0) is 9.59 Å². The Bertz CT molecular complexity index is 537. The van der Waals surface area contributed by atoms with E-state index in [2.05, 4.69) is 29.5 Å². The molecule has 1 aliphatic heterocycles. The van der Waals surface area contributed by atoms with Gasteiger partial charge in [-0.2, -0.15) is 0 Å². The molecule has 1 aromatic rings. The van der Waals surface area contributed by atoms with Crippen LogP contribution in [-0.4, -0.2) is 54.9 Å². The maximum atomic E-state index is 12.1. The predicted molar refractivity (Wildman–Crippen MR) is 86.4 cm³/mol. The number of amides is 2. The average Bonchev–Trinajstić information content (AvgIpc) is 2.49. The number of anilines is 1. The molecule has 2 N–H and O–H groups in total. The summed E-state index contributed by atoms with van der Waals surface area (Å²) in [6.07, 6.45) is 0. The molecule has 1 aromatic carbocycles. The lowest BCUT2D eigenvalue weighted by atomic mass is 10.0. The topological polar surface area (TPSA) is 64.7 Å². The minimum Gasteiger partial charge on any atom is -0.317 e. The smallest absolute Gasteiger partial charge is 0.317 e. The van der Waals surface area contributed by atoms with E-state index in [4.69, 9.17) is 0 Å². The van der Waals surface area contributed by atoms with E-state index < -0.39 is 11.8 Å². The highest BCUT2D eigenvalue weighted by molar-refractivity contribution is 6.39. The summed E-state index contributed by atoms with van der Waals surface area (Å²) in [6, 6.07) is 7.55. The minimum atomic E-state index is -0.632. The summed E-state index contributed by atoms with van der Waals surface area (Å²) in [5.41, 5.74) is 4.37. The van der Waals surface area contributed by atoms with Gasteiger partial charge in [-0.1, -0.05) is 32.0 Å². The molecule has 2 rings (SSSR count). The van der Waals surface area contributed by atoms with E-state index in [9.17, 15) is 9.59 Å². The van der Waals surface area contributed by atoms with Crippen LogP contribution >= 0.6 is 0 Å². The second-order valence-electron chi connectivity index (χ2n) is 5.93. The van der Waals surface area contributed by atoms with Gasteiger partial charge in [0, 0.05) is 31.9 Å². The van der Waals surface area contributed by atoms with Crippen molar-refractivity contribution in [2.45, 2.75) is 19.8 Å². The highest BCUT2D eigenvalue weighted by Crippen LogP contribution is 2.23. The number of piperazine rings is 1. The predicted octanol–water partition coefficient (Wildman–Crippen LogP) is 1.03. The van der Waals surface area contributed by atoms with E-state index in [1.54, 1.807) is 5.01 Å². The molecule has 1 fully saturated rings.